The third-order valence-electron chi connectivity index (χ3n) is 2.14. The van der Waals surface area contributed by atoms with Gasteiger partial charge in [0.15, 0.2) is 6.10 Å². The molecule has 0 spiro atoms. The lowest BCUT2D eigenvalue weighted by Gasteiger charge is -2.30. The molecule has 5 nitrogen and oxygen atoms in total. The van der Waals surface area contributed by atoms with E-state index in [-0.39, 0.29) is 0 Å². The highest BCUT2D eigenvalue weighted by atomic mass is 35.5. The molecule has 0 aliphatic carbocycles. The molecule has 1 unspecified atom stereocenters. The van der Waals surface area contributed by atoms with Crippen LogP contribution < -0.4 is 4.90 Å². The van der Waals surface area contributed by atoms with Crippen molar-refractivity contribution in [1.29, 1.82) is 5.26 Å². The van der Waals surface area contributed by atoms with E-state index < -0.39 is 6.10 Å². The zero-order valence-electron chi connectivity index (χ0n) is 7.93. The molecule has 6 heteroatoms. The first-order valence-electron chi connectivity index (χ1n) is 4.53. The fraction of sp³-hybridized carbons (Fsp3) is 0.444. The first-order chi connectivity index (χ1) is 7.29. The zero-order valence-corrected chi connectivity index (χ0v) is 8.68. The Labute approximate surface area is 92.3 Å². The van der Waals surface area contributed by atoms with E-state index >= 15 is 0 Å². The van der Waals surface area contributed by atoms with Gasteiger partial charge in [0.2, 0.25) is 0 Å². The fourth-order valence-electron chi connectivity index (χ4n) is 1.40. The van der Waals surface area contributed by atoms with E-state index in [4.69, 9.17) is 21.6 Å². The average Bonchev–Trinajstić information content (AvgIpc) is 2.30. The van der Waals surface area contributed by atoms with E-state index in [1.165, 1.54) is 6.20 Å². The van der Waals surface area contributed by atoms with Crippen molar-refractivity contribution in [2.75, 3.05) is 24.6 Å². The third kappa shape index (κ3) is 2.35. The highest BCUT2D eigenvalue weighted by Gasteiger charge is 2.20. The minimum Gasteiger partial charge on any atom is -0.360 e. The number of hydrogen-bond donors (Lipinski definition) is 0. The van der Waals surface area contributed by atoms with Crippen molar-refractivity contribution in [2.24, 2.45) is 0 Å². The molecular weight excluding hydrogens is 216 g/mol. The van der Waals surface area contributed by atoms with Gasteiger partial charge in [0, 0.05) is 6.54 Å². The second-order valence-corrected chi connectivity index (χ2v) is 3.52. The minimum atomic E-state index is -0.392. The molecule has 15 heavy (non-hydrogen) atoms. The maximum Gasteiger partial charge on any atom is 0.161 e. The number of morpholine rings is 1. The van der Waals surface area contributed by atoms with E-state index in [1.54, 1.807) is 6.20 Å². The molecule has 0 N–H and O–H groups in total. The van der Waals surface area contributed by atoms with Crippen LogP contribution in [-0.2, 0) is 4.74 Å². The summed E-state index contributed by atoms with van der Waals surface area (Å²) < 4.78 is 5.23. The van der Waals surface area contributed by atoms with Gasteiger partial charge in [0.05, 0.1) is 31.6 Å². The molecule has 1 fully saturated rings. The van der Waals surface area contributed by atoms with Crippen molar-refractivity contribution < 1.29 is 4.74 Å². The summed E-state index contributed by atoms with van der Waals surface area (Å²) in [5, 5.41) is 9.11. The van der Waals surface area contributed by atoms with E-state index in [9.17, 15) is 0 Å². The molecule has 1 aromatic heterocycles. The number of nitriles is 1. The molecule has 0 saturated carbocycles. The Bertz CT molecular complexity index is 375. The van der Waals surface area contributed by atoms with E-state index in [0.29, 0.717) is 24.8 Å². The van der Waals surface area contributed by atoms with Crippen LogP contribution in [0, 0.1) is 11.3 Å². The first kappa shape index (κ1) is 10.1. The van der Waals surface area contributed by atoms with Gasteiger partial charge in [0.1, 0.15) is 11.0 Å². The molecule has 1 saturated heterocycles. The van der Waals surface area contributed by atoms with Gasteiger partial charge >= 0.3 is 0 Å². The van der Waals surface area contributed by atoms with Gasteiger partial charge in [-0.25, -0.2) is 9.97 Å². The van der Waals surface area contributed by atoms with Crippen molar-refractivity contribution in [3.05, 3.63) is 17.5 Å². The summed E-state index contributed by atoms with van der Waals surface area (Å²) in [5.41, 5.74) is 0. The number of anilines is 1. The minimum absolute atomic E-state index is 0.365. The van der Waals surface area contributed by atoms with Crippen LogP contribution >= 0.6 is 11.6 Å². The van der Waals surface area contributed by atoms with Crippen LogP contribution in [0.4, 0.5) is 5.82 Å². The molecule has 2 heterocycles. The number of nitrogens with zero attached hydrogens (tertiary/aromatic N) is 4. The summed E-state index contributed by atoms with van der Waals surface area (Å²) in [7, 11) is 0. The van der Waals surface area contributed by atoms with Gasteiger partial charge in [-0.1, -0.05) is 11.6 Å². The van der Waals surface area contributed by atoms with Gasteiger partial charge in [-0.3, -0.25) is 0 Å². The molecule has 0 radical (unpaired) electrons. The Morgan fingerprint density at radius 2 is 2.40 bits per heavy atom. The second kappa shape index (κ2) is 4.43. The maximum atomic E-state index is 8.74. The molecule has 0 bridgehead atoms. The van der Waals surface area contributed by atoms with Crippen molar-refractivity contribution in [1.82, 2.24) is 9.97 Å². The lowest BCUT2D eigenvalue weighted by atomic mass is 10.3. The van der Waals surface area contributed by atoms with Crippen molar-refractivity contribution in [2.45, 2.75) is 6.10 Å². The molecule has 2 rings (SSSR count). The standard InChI is InChI=1S/C9H9ClN4O/c10-8-4-13-9(5-12-8)14-1-2-15-7(3-11)6-14/h4-5,7H,1-2,6H2. The smallest absolute Gasteiger partial charge is 0.161 e. The van der Waals surface area contributed by atoms with Crippen LogP contribution in [0.3, 0.4) is 0 Å². The van der Waals surface area contributed by atoms with Crippen molar-refractivity contribution in [3.8, 4) is 6.07 Å². The normalized spacial score (nSPS) is 21.1. The Morgan fingerprint density at radius 3 is 3.07 bits per heavy atom. The number of aromatic nitrogens is 2. The number of ether oxygens (including phenoxy) is 1. The fourth-order valence-corrected chi connectivity index (χ4v) is 1.50. The summed E-state index contributed by atoms with van der Waals surface area (Å²) in [6, 6.07) is 2.08. The van der Waals surface area contributed by atoms with Gasteiger partial charge in [-0.15, -0.1) is 0 Å². The third-order valence-corrected chi connectivity index (χ3v) is 2.34. The van der Waals surface area contributed by atoms with Crippen LogP contribution in [0.15, 0.2) is 12.4 Å². The first-order valence-corrected chi connectivity index (χ1v) is 4.91. The predicted molar refractivity (Wildman–Crippen MR) is 54.6 cm³/mol. The van der Waals surface area contributed by atoms with Gasteiger partial charge in [-0.2, -0.15) is 5.26 Å². The Hall–Kier alpha value is -1.38. The molecule has 1 aliphatic rings. The van der Waals surface area contributed by atoms with Crippen LogP contribution in [0.25, 0.3) is 0 Å². The summed E-state index contributed by atoms with van der Waals surface area (Å²) in [6.45, 7) is 1.77. The van der Waals surface area contributed by atoms with Crippen LogP contribution in [0.5, 0.6) is 0 Å². The number of halogens is 1. The predicted octanol–water partition coefficient (Wildman–Crippen LogP) is 0.859. The topological polar surface area (TPSA) is 62.0 Å². The molecular formula is C9H9ClN4O. The summed E-state index contributed by atoms with van der Waals surface area (Å²) in [6.07, 6.45) is 2.70. The van der Waals surface area contributed by atoms with E-state index in [1.807, 2.05) is 4.90 Å². The maximum absolute atomic E-state index is 8.74. The Balaban J connectivity index is 2.10. The van der Waals surface area contributed by atoms with Crippen molar-refractivity contribution >= 4 is 17.4 Å². The lowest BCUT2D eigenvalue weighted by molar-refractivity contribution is 0.0761. The molecule has 1 aromatic rings. The Kier molecular flexibility index (Phi) is 2.99. The van der Waals surface area contributed by atoms with Crippen LogP contribution in [-0.4, -0.2) is 35.8 Å². The van der Waals surface area contributed by atoms with Crippen LogP contribution in [0.1, 0.15) is 0 Å². The van der Waals surface area contributed by atoms with E-state index in [2.05, 4.69) is 16.0 Å². The molecule has 0 amide bonds. The number of rotatable bonds is 1. The summed E-state index contributed by atoms with van der Waals surface area (Å²) >= 11 is 5.64. The van der Waals surface area contributed by atoms with Crippen molar-refractivity contribution in [3.63, 3.8) is 0 Å². The number of hydrogen-bond acceptors (Lipinski definition) is 5. The average molecular weight is 225 g/mol. The zero-order chi connectivity index (χ0) is 10.7. The largest absolute Gasteiger partial charge is 0.360 e. The van der Waals surface area contributed by atoms with Gasteiger partial charge < -0.3 is 9.64 Å². The van der Waals surface area contributed by atoms with E-state index in [0.717, 1.165) is 5.82 Å². The monoisotopic (exact) mass is 224 g/mol. The quantitative estimate of drug-likeness (QED) is 0.708. The summed E-state index contributed by atoms with van der Waals surface area (Å²) in [5.74, 6) is 0.725. The Morgan fingerprint density at radius 1 is 1.53 bits per heavy atom. The van der Waals surface area contributed by atoms with Crippen LogP contribution in [0.2, 0.25) is 5.15 Å². The molecule has 1 atom stereocenters. The van der Waals surface area contributed by atoms with Gasteiger partial charge in [-0.05, 0) is 0 Å². The highest BCUT2D eigenvalue weighted by molar-refractivity contribution is 6.29. The second-order valence-electron chi connectivity index (χ2n) is 3.13. The molecule has 78 valence electrons. The molecule has 0 aromatic carbocycles. The van der Waals surface area contributed by atoms with Gasteiger partial charge in [0.25, 0.3) is 0 Å². The lowest BCUT2D eigenvalue weighted by Crippen LogP contribution is -2.42. The molecule has 1 aliphatic heterocycles. The SMILES string of the molecule is N#CC1CN(c2cnc(Cl)cn2)CCO1. The highest BCUT2D eigenvalue weighted by Crippen LogP contribution is 2.14. The summed E-state index contributed by atoms with van der Waals surface area (Å²) in [4.78, 5) is 10.0.